The average Bonchev–Trinajstić information content (AvgIpc) is 3.57. The first kappa shape index (κ1) is 87.7. The van der Waals surface area contributed by atoms with Gasteiger partial charge in [-0.05, 0) is 57.8 Å². The molecule has 0 aliphatic carbocycles. The summed E-state index contributed by atoms with van der Waals surface area (Å²) in [5.41, 5.74) is 0. The van der Waals surface area contributed by atoms with Crippen LogP contribution < -0.4 is 5.32 Å². The zero-order valence-corrected chi connectivity index (χ0v) is 61.6. The van der Waals surface area contributed by atoms with Gasteiger partial charge in [0.25, 0.3) is 0 Å². The summed E-state index contributed by atoms with van der Waals surface area (Å²) >= 11 is 0. The largest absolute Gasteiger partial charge is 0.472 e. The first-order chi connectivity index (χ1) is 43.5. The van der Waals surface area contributed by atoms with Crippen molar-refractivity contribution in [3.05, 3.63) is 36.5 Å². The summed E-state index contributed by atoms with van der Waals surface area (Å²) < 4.78 is 23.9. The van der Waals surface area contributed by atoms with Crippen molar-refractivity contribution in [2.45, 2.75) is 431 Å². The van der Waals surface area contributed by atoms with E-state index in [1.54, 1.807) is 6.08 Å². The van der Waals surface area contributed by atoms with E-state index in [0.29, 0.717) is 17.4 Å². The Morgan fingerprint density at radius 3 is 0.899 bits per heavy atom. The number of carbonyl (C=O) groups excluding carboxylic acids is 1. The van der Waals surface area contributed by atoms with E-state index in [4.69, 9.17) is 9.05 Å². The van der Waals surface area contributed by atoms with Crippen molar-refractivity contribution in [1.29, 1.82) is 0 Å². The normalized spacial score (nSPS) is 13.7. The van der Waals surface area contributed by atoms with Gasteiger partial charge in [0.15, 0.2) is 0 Å². The number of rotatable bonds is 75. The lowest BCUT2D eigenvalue weighted by Crippen LogP contribution is -2.45. The molecule has 0 fully saturated rings. The van der Waals surface area contributed by atoms with Crippen LogP contribution in [0.2, 0.25) is 0 Å². The highest BCUT2D eigenvalue weighted by Crippen LogP contribution is 2.43. The van der Waals surface area contributed by atoms with Crippen molar-refractivity contribution in [2.24, 2.45) is 0 Å². The fourth-order valence-electron chi connectivity index (χ4n) is 12.4. The smallest absolute Gasteiger partial charge is 0.387 e. The van der Waals surface area contributed by atoms with Crippen molar-refractivity contribution >= 4 is 13.7 Å². The van der Waals surface area contributed by atoms with Gasteiger partial charge in [0.1, 0.15) is 13.2 Å². The summed E-state index contributed by atoms with van der Waals surface area (Å²) in [7, 11) is 1.58. The topological polar surface area (TPSA) is 105 Å². The van der Waals surface area contributed by atoms with Gasteiger partial charge in [0, 0.05) is 6.42 Å². The molecule has 3 atom stereocenters. The van der Waals surface area contributed by atoms with Gasteiger partial charge in [-0.15, -0.1) is 0 Å². The number of likely N-dealkylation sites (N-methyl/N-ethyl adjacent to an activating group) is 1. The number of aliphatic hydroxyl groups excluding tert-OH is 1. The van der Waals surface area contributed by atoms with Crippen LogP contribution in [0.5, 0.6) is 0 Å². The zero-order valence-electron chi connectivity index (χ0n) is 60.7. The van der Waals surface area contributed by atoms with Crippen LogP contribution in [0.15, 0.2) is 36.5 Å². The van der Waals surface area contributed by atoms with Crippen LogP contribution in [0, 0.1) is 0 Å². The van der Waals surface area contributed by atoms with Crippen LogP contribution in [-0.2, 0) is 18.4 Å². The number of unbranched alkanes of at least 4 members (excludes halogenated alkanes) is 58. The van der Waals surface area contributed by atoms with Gasteiger partial charge < -0.3 is 19.8 Å². The van der Waals surface area contributed by atoms with Crippen molar-refractivity contribution in [3.8, 4) is 0 Å². The molecule has 0 spiro atoms. The molecular formula is C80H158N2O6P+. The second-order valence-corrected chi connectivity index (χ2v) is 30.2. The van der Waals surface area contributed by atoms with Crippen molar-refractivity contribution < 1.29 is 32.9 Å². The maximum atomic E-state index is 13.1. The molecule has 8 nitrogen and oxygen atoms in total. The minimum atomic E-state index is -4.36. The van der Waals surface area contributed by atoms with Crippen LogP contribution in [0.4, 0.5) is 0 Å². The summed E-state index contributed by atoms with van der Waals surface area (Å²) in [5, 5.41) is 14.0. The van der Waals surface area contributed by atoms with Crippen LogP contribution in [0.1, 0.15) is 418 Å². The van der Waals surface area contributed by atoms with E-state index in [2.05, 4.69) is 43.5 Å². The zero-order chi connectivity index (χ0) is 64.8. The highest BCUT2D eigenvalue weighted by Gasteiger charge is 2.28. The molecule has 0 bridgehead atoms. The van der Waals surface area contributed by atoms with Crippen molar-refractivity contribution in [1.82, 2.24) is 5.32 Å². The predicted molar refractivity (Wildman–Crippen MR) is 392 cm³/mol. The van der Waals surface area contributed by atoms with E-state index < -0.39 is 20.0 Å². The highest BCUT2D eigenvalue weighted by molar-refractivity contribution is 7.47. The molecule has 1 amide bonds. The number of amides is 1. The van der Waals surface area contributed by atoms with Gasteiger partial charge in [-0.2, -0.15) is 0 Å². The molecule has 528 valence electrons. The van der Waals surface area contributed by atoms with Gasteiger partial charge >= 0.3 is 7.82 Å². The van der Waals surface area contributed by atoms with Gasteiger partial charge in [0.05, 0.1) is 39.9 Å². The molecule has 0 rings (SSSR count). The lowest BCUT2D eigenvalue weighted by Gasteiger charge is -2.25. The molecule has 0 radical (unpaired) electrons. The van der Waals surface area contributed by atoms with E-state index in [1.165, 1.54) is 360 Å². The number of allylic oxidation sites excluding steroid dienone is 5. The number of nitrogens with zero attached hydrogens (tertiary/aromatic N) is 1. The molecule has 0 aromatic rings. The standard InChI is InChI=1S/C80H157N2O6P/c1-6-8-10-12-14-16-18-20-22-24-26-28-30-32-34-36-38-39-40-41-42-43-44-46-48-50-52-54-56-58-60-62-64-66-68-70-72-74-80(84)81-78(77-88-89(85,86)87-76-75-82(3,4)5)79(83)73-71-69-67-65-63-61-59-57-55-53-51-49-47-45-37-35-33-31-29-27-25-23-21-19-17-15-13-11-9-7-2/h24,26,63,65,71,73,78-79,83H,6-23,25,27-62,64,66-70,72,74-77H2,1-5H3,(H-,81,84,85,86)/p+1/b26-24-,65-63+,73-71+. The highest BCUT2D eigenvalue weighted by atomic mass is 31.2. The third kappa shape index (κ3) is 74.0. The Bertz CT molecular complexity index is 1550. The number of hydrogen-bond acceptors (Lipinski definition) is 5. The summed E-state index contributed by atoms with van der Waals surface area (Å²) in [6.45, 7) is 4.86. The third-order valence-corrected chi connectivity index (χ3v) is 19.6. The van der Waals surface area contributed by atoms with E-state index in [9.17, 15) is 19.4 Å². The van der Waals surface area contributed by atoms with E-state index >= 15 is 0 Å². The van der Waals surface area contributed by atoms with Gasteiger partial charge in [0.2, 0.25) is 5.91 Å². The number of hydrogen-bond donors (Lipinski definition) is 3. The molecule has 0 aromatic heterocycles. The average molecular weight is 1280 g/mol. The number of nitrogens with one attached hydrogen (secondary N) is 1. The van der Waals surface area contributed by atoms with Crippen molar-refractivity contribution in [2.75, 3.05) is 40.9 Å². The van der Waals surface area contributed by atoms with Gasteiger partial charge in [-0.25, -0.2) is 4.57 Å². The molecule has 0 aromatic carbocycles. The Hall–Kier alpha value is -1.28. The molecule has 0 saturated heterocycles. The molecule has 89 heavy (non-hydrogen) atoms. The van der Waals surface area contributed by atoms with Gasteiger partial charge in [-0.1, -0.05) is 391 Å². The monoisotopic (exact) mass is 1270 g/mol. The quantitative estimate of drug-likeness (QED) is 0.0243. The molecule has 0 heterocycles. The summed E-state index contributed by atoms with van der Waals surface area (Å²) in [6.07, 6.45) is 96.4. The number of aliphatic hydroxyl groups is 1. The predicted octanol–water partition coefficient (Wildman–Crippen LogP) is 26.0. The Morgan fingerprint density at radius 1 is 0.371 bits per heavy atom. The Balaban J connectivity index is 3.96. The molecule has 0 aliphatic rings. The maximum Gasteiger partial charge on any atom is 0.472 e. The molecule has 3 N–H and O–H groups in total. The fourth-order valence-corrected chi connectivity index (χ4v) is 13.2. The van der Waals surface area contributed by atoms with E-state index in [-0.39, 0.29) is 19.1 Å². The first-order valence-electron chi connectivity index (χ1n) is 39.9. The third-order valence-electron chi connectivity index (χ3n) is 18.6. The number of carbonyl (C=O) groups is 1. The van der Waals surface area contributed by atoms with Crippen LogP contribution in [-0.4, -0.2) is 73.4 Å². The second-order valence-electron chi connectivity index (χ2n) is 28.8. The molecule has 0 aliphatic heterocycles. The molecular weight excluding hydrogens is 1120 g/mol. The molecule has 3 unspecified atom stereocenters. The SMILES string of the molecule is CCCCCCCCCC/C=C\CCCCCCCCCCCCCCCCCCCCCCCCCCCC(=O)NC(COP(=O)(O)OCC[N+](C)(C)C)C(O)/C=C/CC/C=C/CCCCCCCCCCCCCCCCCCCCCCCCCC. The number of quaternary nitrogens is 1. The number of phosphoric acid groups is 1. The lowest BCUT2D eigenvalue weighted by atomic mass is 10.0. The van der Waals surface area contributed by atoms with Crippen LogP contribution in [0.3, 0.4) is 0 Å². The van der Waals surface area contributed by atoms with Crippen molar-refractivity contribution in [3.63, 3.8) is 0 Å². The number of phosphoric ester groups is 1. The summed E-state index contributed by atoms with van der Waals surface area (Å²) in [6, 6.07) is -0.864. The minimum absolute atomic E-state index is 0.0585. The van der Waals surface area contributed by atoms with Crippen LogP contribution >= 0.6 is 7.82 Å². The lowest BCUT2D eigenvalue weighted by molar-refractivity contribution is -0.870. The fraction of sp³-hybridized carbons (Fsp3) is 0.912. The Labute approximate surface area is 557 Å². The van der Waals surface area contributed by atoms with E-state index in [1.807, 2.05) is 27.2 Å². The van der Waals surface area contributed by atoms with Crippen LogP contribution in [0.25, 0.3) is 0 Å². The van der Waals surface area contributed by atoms with Gasteiger partial charge in [-0.3, -0.25) is 13.8 Å². The summed E-state index contributed by atoms with van der Waals surface area (Å²) in [4.78, 5) is 23.5. The minimum Gasteiger partial charge on any atom is -0.387 e. The summed E-state index contributed by atoms with van der Waals surface area (Å²) in [5.74, 6) is -0.177. The maximum absolute atomic E-state index is 13.1. The van der Waals surface area contributed by atoms with E-state index in [0.717, 1.165) is 38.5 Å². The first-order valence-corrected chi connectivity index (χ1v) is 41.4. The molecule has 0 saturated carbocycles. The molecule has 9 heteroatoms. The second kappa shape index (κ2) is 71.0. The Morgan fingerprint density at radius 2 is 0.618 bits per heavy atom. The Kier molecular flexibility index (Phi) is 70.0.